The van der Waals surface area contributed by atoms with Gasteiger partial charge in [0.15, 0.2) is 0 Å². The molecule has 2 nitrogen and oxygen atoms in total. The van der Waals surface area contributed by atoms with Crippen LogP contribution in [0.3, 0.4) is 0 Å². The number of thiophene rings is 1. The molecule has 1 amide bonds. The second-order valence-corrected chi connectivity index (χ2v) is 5.86. The van der Waals surface area contributed by atoms with E-state index in [0.717, 1.165) is 27.0 Å². The summed E-state index contributed by atoms with van der Waals surface area (Å²) in [5, 5.41) is 3.90. The highest BCUT2D eigenvalue weighted by Gasteiger charge is 2.28. The quantitative estimate of drug-likeness (QED) is 0.795. The summed E-state index contributed by atoms with van der Waals surface area (Å²) in [7, 11) is 0. The summed E-state index contributed by atoms with van der Waals surface area (Å²) < 4.78 is 1.02. The lowest BCUT2D eigenvalue weighted by Crippen LogP contribution is -2.22. The molecule has 0 bridgehead atoms. The van der Waals surface area contributed by atoms with E-state index in [1.54, 1.807) is 22.3 Å². The van der Waals surface area contributed by atoms with Gasteiger partial charge in [0.1, 0.15) is 0 Å². The fourth-order valence-corrected chi connectivity index (χ4v) is 2.96. The van der Waals surface area contributed by atoms with Gasteiger partial charge >= 0.3 is 0 Å². The Morgan fingerprint density at radius 3 is 2.53 bits per heavy atom. The zero-order valence-corrected chi connectivity index (χ0v) is 12.4. The van der Waals surface area contributed by atoms with Gasteiger partial charge in [-0.25, -0.2) is 0 Å². The van der Waals surface area contributed by atoms with Crippen LogP contribution in [0.15, 0.2) is 63.9 Å². The number of hydrogen-bond donors (Lipinski definition) is 0. The topological polar surface area (TPSA) is 20.3 Å². The largest absolute Gasteiger partial charge is 0.277 e. The van der Waals surface area contributed by atoms with Gasteiger partial charge in [-0.2, -0.15) is 11.3 Å². The highest BCUT2D eigenvalue weighted by Crippen LogP contribution is 2.35. The summed E-state index contributed by atoms with van der Waals surface area (Å²) in [6.07, 6.45) is 1.64. The molecule has 19 heavy (non-hydrogen) atoms. The molecule has 4 heteroatoms. The molecule has 1 aromatic heterocycles. The average molecular weight is 332 g/mol. The fraction of sp³-hybridized carbons (Fsp3) is 0. The minimum Gasteiger partial charge on any atom is -0.277 e. The SMILES string of the molecule is C=C1C(c2ccc(Br)cc2)=CC(=O)N1c1ccsc1. The molecule has 1 aromatic carbocycles. The molecule has 2 heterocycles. The van der Waals surface area contributed by atoms with Gasteiger partial charge in [-0.3, -0.25) is 9.69 Å². The molecule has 0 fully saturated rings. The third kappa shape index (κ3) is 2.17. The Kier molecular flexibility index (Phi) is 3.12. The Morgan fingerprint density at radius 1 is 1.16 bits per heavy atom. The van der Waals surface area contributed by atoms with Crippen molar-refractivity contribution in [2.24, 2.45) is 0 Å². The van der Waals surface area contributed by atoms with Gasteiger partial charge in [0.2, 0.25) is 0 Å². The van der Waals surface area contributed by atoms with E-state index in [1.165, 1.54) is 0 Å². The van der Waals surface area contributed by atoms with Gasteiger partial charge in [0.25, 0.3) is 5.91 Å². The first kappa shape index (κ1) is 12.4. The summed E-state index contributed by atoms with van der Waals surface area (Å²) in [6.45, 7) is 4.05. The number of halogens is 1. The van der Waals surface area contributed by atoms with Crippen LogP contribution in [0.4, 0.5) is 5.69 Å². The van der Waals surface area contributed by atoms with Crippen LogP contribution in [-0.4, -0.2) is 5.91 Å². The van der Waals surface area contributed by atoms with Crippen molar-refractivity contribution in [1.82, 2.24) is 0 Å². The maximum atomic E-state index is 12.1. The minimum absolute atomic E-state index is 0.0404. The van der Waals surface area contributed by atoms with Crippen molar-refractivity contribution >= 4 is 44.4 Å². The van der Waals surface area contributed by atoms with Gasteiger partial charge in [-0.15, -0.1) is 0 Å². The molecule has 0 unspecified atom stereocenters. The first-order valence-electron chi connectivity index (χ1n) is 5.70. The van der Waals surface area contributed by atoms with E-state index in [1.807, 2.05) is 41.1 Å². The molecule has 0 aliphatic carbocycles. The van der Waals surface area contributed by atoms with Crippen LogP contribution in [0.5, 0.6) is 0 Å². The summed E-state index contributed by atoms with van der Waals surface area (Å²) in [5.74, 6) is -0.0404. The number of allylic oxidation sites excluding steroid dienone is 1. The van der Waals surface area contributed by atoms with Crippen molar-refractivity contribution in [1.29, 1.82) is 0 Å². The zero-order valence-electron chi connectivity index (χ0n) is 9.97. The Labute approximate surface area is 123 Å². The van der Waals surface area contributed by atoms with E-state index in [4.69, 9.17) is 0 Å². The Bertz CT molecular complexity index is 671. The van der Waals surface area contributed by atoms with Crippen LogP contribution in [0.25, 0.3) is 5.57 Å². The van der Waals surface area contributed by atoms with Gasteiger partial charge in [-0.1, -0.05) is 34.6 Å². The molecule has 3 rings (SSSR count). The second kappa shape index (κ2) is 4.79. The first-order chi connectivity index (χ1) is 9.16. The summed E-state index contributed by atoms with van der Waals surface area (Å²) in [4.78, 5) is 13.8. The van der Waals surface area contributed by atoms with Crippen molar-refractivity contribution in [2.45, 2.75) is 0 Å². The lowest BCUT2D eigenvalue weighted by Gasteiger charge is -2.17. The smallest absolute Gasteiger partial charge is 0.256 e. The number of hydrogen-bond acceptors (Lipinski definition) is 2. The van der Waals surface area contributed by atoms with Gasteiger partial charge in [-0.05, 0) is 29.1 Å². The third-order valence-corrected chi connectivity index (χ3v) is 4.19. The molecule has 1 aliphatic rings. The van der Waals surface area contributed by atoms with Crippen LogP contribution in [0, 0.1) is 0 Å². The summed E-state index contributed by atoms with van der Waals surface area (Å²) >= 11 is 4.97. The minimum atomic E-state index is -0.0404. The number of benzene rings is 1. The molecule has 1 aliphatic heterocycles. The lowest BCUT2D eigenvalue weighted by molar-refractivity contribution is -0.113. The molecule has 2 aromatic rings. The van der Waals surface area contributed by atoms with E-state index >= 15 is 0 Å². The molecular formula is C15H10BrNOS. The number of amides is 1. The Hall–Kier alpha value is -1.65. The van der Waals surface area contributed by atoms with E-state index in [0.29, 0.717) is 0 Å². The normalized spacial score (nSPS) is 15.0. The van der Waals surface area contributed by atoms with Crippen LogP contribution in [0.1, 0.15) is 5.56 Å². The lowest BCUT2D eigenvalue weighted by atomic mass is 10.1. The fourth-order valence-electron chi connectivity index (χ4n) is 2.07. The van der Waals surface area contributed by atoms with Crippen LogP contribution >= 0.6 is 27.3 Å². The number of nitrogens with zero attached hydrogens (tertiary/aromatic N) is 1. The summed E-state index contributed by atoms with van der Waals surface area (Å²) in [6, 6.07) is 9.80. The maximum Gasteiger partial charge on any atom is 0.256 e. The van der Waals surface area contributed by atoms with Crippen molar-refractivity contribution in [3.05, 3.63) is 69.5 Å². The highest BCUT2D eigenvalue weighted by molar-refractivity contribution is 9.10. The van der Waals surface area contributed by atoms with Crippen molar-refractivity contribution in [3.8, 4) is 0 Å². The van der Waals surface area contributed by atoms with Crippen molar-refractivity contribution in [3.63, 3.8) is 0 Å². The molecular weight excluding hydrogens is 322 g/mol. The maximum absolute atomic E-state index is 12.1. The van der Waals surface area contributed by atoms with Crippen molar-refractivity contribution < 1.29 is 4.79 Å². The number of rotatable bonds is 2. The second-order valence-electron chi connectivity index (χ2n) is 4.17. The first-order valence-corrected chi connectivity index (χ1v) is 7.43. The van der Waals surface area contributed by atoms with Gasteiger partial charge in [0, 0.05) is 21.5 Å². The van der Waals surface area contributed by atoms with E-state index in [2.05, 4.69) is 22.5 Å². The Balaban J connectivity index is 1.97. The highest BCUT2D eigenvalue weighted by atomic mass is 79.9. The zero-order chi connectivity index (χ0) is 13.4. The van der Waals surface area contributed by atoms with Gasteiger partial charge in [0.05, 0.1) is 11.4 Å². The monoisotopic (exact) mass is 331 g/mol. The van der Waals surface area contributed by atoms with E-state index < -0.39 is 0 Å². The van der Waals surface area contributed by atoms with Crippen LogP contribution in [-0.2, 0) is 4.79 Å². The Morgan fingerprint density at radius 2 is 1.89 bits per heavy atom. The number of carbonyl (C=O) groups is 1. The average Bonchev–Trinajstić information content (AvgIpc) is 2.99. The molecule has 0 saturated heterocycles. The van der Waals surface area contributed by atoms with E-state index in [-0.39, 0.29) is 5.91 Å². The van der Waals surface area contributed by atoms with E-state index in [9.17, 15) is 4.79 Å². The third-order valence-electron chi connectivity index (χ3n) is 2.99. The predicted molar refractivity (Wildman–Crippen MR) is 83.1 cm³/mol. The van der Waals surface area contributed by atoms with Crippen LogP contribution < -0.4 is 4.90 Å². The number of carbonyl (C=O) groups excluding carboxylic acids is 1. The molecule has 0 spiro atoms. The number of anilines is 1. The van der Waals surface area contributed by atoms with Gasteiger partial charge < -0.3 is 0 Å². The molecule has 0 atom stereocenters. The van der Waals surface area contributed by atoms with Crippen LogP contribution in [0.2, 0.25) is 0 Å². The summed E-state index contributed by atoms with van der Waals surface area (Å²) in [5.41, 5.74) is 3.48. The molecule has 0 N–H and O–H groups in total. The predicted octanol–water partition coefficient (Wildman–Crippen LogP) is 4.45. The molecule has 94 valence electrons. The molecule has 0 radical (unpaired) electrons. The van der Waals surface area contributed by atoms with Crippen molar-refractivity contribution in [2.75, 3.05) is 4.90 Å². The molecule has 0 saturated carbocycles. The standard InChI is InChI=1S/C15H10BrNOS/c1-10-14(11-2-4-12(16)5-3-11)8-15(18)17(10)13-6-7-19-9-13/h2-9H,1H2.